The minimum atomic E-state index is -0.399. The first-order chi connectivity index (χ1) is 11.6. The molecule has 0 fully saturated rings. The van der Waals surface area contributed by atoms with E-state index >= 15 is 0 Å². The maximum atomic E-state index is 11.9. The molecule has 7 heteroatoms. The summed E-state index contributed by atoms with van der Waals surface area (Å²) >= 11 is 0. The van der Waals surface area contributed by atoms with Gasteiger partial charge < -0.3 is 5.32 Å². The van der Waals surface area contributed by atoms with Gasteiger partial charge in [-0.1, -0.05) is 6.07 Å². The highest BCUT2D eigenvalue weighted by atomic mass is 16.2. The number of amides is 2. The van der Waals surface area contributed by atoms with Crippen LogP contribution in [0.1, 0.15) is 29.3 Å². The molecule has 0 saturated heterocycles. The van der Waals surface area contributed by atoms with Crippen molar-refractivity contribution in [2.75, 3.05) is 5.32 Å². The van der Waals surface area contributed by atoms with Crippen molar-refractivity contribution >= 4 is 23.2 Å². The zero-order valence-corrected chi connectivity index (χ0v) is 13.0. The Kier molecular flexibility index (Phi) is 5.75. The third-order valence-electron chi connectivity index (χ3n) is 2.96. The van der Waals surface area contributed by atoms with Gasteiger partial charge in [0.15, 0.2) is 0 Å². The smallest absolute Gasteiger partial charge is 0.272 e. The van der Waals surface area contributed by atoms with Gasteiger partial charge in [-0.2, -0.15) is 10.4 Å². The molecule has 1 aromatic carbocycles. The highest BCUT2D eigenvalue weighted by molar-refractivity contribution is 6.06. The van der Waals surface area contributed by atoms with Crippen molar-refractivity contribution in [2.45, 2.75) is 13.3 Å². The lowest BCUT2D eigenvalue weighted by atomic mass is 10.2. The molecule has 0 aliphatic carbocycles. The molecule has 24 heavy (non-hydrogen) atoms. The molecular weight excluding hydrogens is 306 g/mol. The second kappa shape index (κ2) is 8.19. The largest absolute Gasteiger partial charge is 0.326 e. The number of aromatic nitrogens is 1. The van der Waals surface area contributed by atoms with E-state index in [1.54, 1.807) is 49.5 Å². The predicted molar refractivity (Wildman–Crippen MR) is 89.2 cm³/mol. The number of rotatable bonds is 5. The van der Waals surface area contributed by atoms with Gasteiger partial charge in [-0.05, 0) is 37.3 Å². The summed E-state index contributed by atoms with van der Waals surface area (Å²) in [5.74, 6) is -0.688. The van der Waals surface area contributed by atoms with Crippen LogP contribution in [0.3, 0.4) is 0 Å². The van der Waals surface area contributed by atoms with E-state index in [1.165, 1.54) is 6.20 Å². The van der Waals surface area contributed by atoms with E-state index in [-0.39, 0.29) is 12.3 Å². The summed E-state index contributed by atoms with van der Waals surface area (Å²) in [4.78, 5) is 27.6. The second-order valence-corrected chi connectivity index (χ2v) is 4.95. The summed E-state index contributed by atoms with van der Waals surface area (Å²) in [5, 5.41) is 15.4. The van der Waals surface area contributed by atoms with Crippen molar-refractivity contribution in [3.05, 3.63) is 59.9 Å². The average molecular weight is 321 g/mol. The highest BCUT2D eigenvalue weighted by Crippen LogP contribution is 2.10. The van der Waals surface area contributed by atoms with E-state index in [2.05, 4.69) is 20.8 Å². The average Bonchev–Trinajstić information content (AvgIpc) is 2.60. The number of hydrogen-bond acceptors (Lipinski definition) is 5. The summed E-state index contributed by atoms with van der Waals surface area (Å²) in [6.45, 7) is 1.63. The minimum absolute atomic E-state index is 0.0180. The number of pyridine rings is 1. The van der Waals surface area contributed by atoms with Crippen LogP contribution in [0.2, 0.25) is 0 Å². The van der Waals surface area contributed by atoms with Crippen molar-refractivity contribution in [1.29, 1.82) is 5.26 Å². The molecule has 2 rings (SSSR count). The molecule has 1 heterocycles. The molecule has 0 radical (unpaired) electrons. The number of nitrogens with zero attached hydrogens (tertiary/aromatic N) is 3. The molecule has 120 valence electrons. The van der Waals surface area contributed by atoms with Gasteiger partial charge >= 0.3 is 0 Å². The molecule has 0 aliphatic rings. The van der Waals surface area contributed by atoms with Gasteiger partial charge in [-0.15, -0.1) is 0 Å². The number of anilines is 1. The van der Waals surface area contributed by atoms with Gasteiger partial charge in [0.25, 0.3) is 5.91 Å². The summed E-state index contributed by atoms with van der Waals surface area (Å²) in [6.07, 6.45) is 3.01. The number of benzene rings is 1. The third kappa shape index (κ3) is 5.03. The number of carbonyl (C=O) groups is 2. The fraction of sp³-hybridized carbons (Fsp3) is 0.118. The number of carbonyl (C=O) groups excluding carboxylic acids is 2. The number of hydrogen-bond donors (Lipinski definition) is 2. The number of nitrogens with one attached hydrogen (secondary N) is 2. The van der Waals surface area contributed by atoms with Crippen molar-refractivity contribution in [2.24, 2.45) is 5.10 Å². The topological polar surface area (TPSA) is 107 Å². The van der Waals surface area contributed by atoms with Gasteiger partial charge in [-0.3, -0.25) is 14.6 Å². The zero-order chi connectivity index (χ0) is 17.4. The van der Waals surface area contributed by atoms with Crippen LogP contribution in [0.25, 0.3) is 0 Å². The van der Waals surface area contributed by atoms with E-state index in [4.69, 9.17) is 5.26 Å². The summed E-state index contributed by atoms with van der Waals surface area (Å²) in [6, 6.07) is 11.9. The van der Waals surface area contributed by atoms with Gasteiger partial charge in [0.2, 0.25) is 5.91 Å². The van der Waals surface area contributed by atoms with Crippen molar-refractivity contribution in [3.63, 3.8) is 0 Å². The van der Waals surface area contributed by atoms with Crippen LogP contribution in [0.5, 0.6) is 0 Å². The quantitative estimate of drug-likeness (QED) is 0.649. The normalized spacial score (nSPS) is 10.6. The Balaban J connectivity index is 1.89. The lowest BCUT2D eigenvalue weighted by Crippen LogP contribution is -2.21. The molecule has 0 saturated carbocycles. The van der Waals surface area contributed by atoms with Gasteiger partial charge in [0, 0.05) is 23.8 Å². The summed E-state index contributed by atoms with van der Waals surface area (Å²) in [7, 11) is 0. The van der Waals surface area contributed by atoms with Crippen molar-refractivity contribution in [1.82, 2.24) is 10.4 Å². The van der Waals surface area contributed by atoms with Crippen LogP contribution < -0.4 is 10.7 Å². The molecule has 1 aromatic heterocycles. The third-order valence-corrected chi connectivity index (χ3v) is 2.96. The Bertz CT molecular complexity index is 809. The summed E-state index contributed by atoms with van der Waals surface area (Å²) in [5.41, 5.74) is 4.19. The maximum absolute atomic E-state index is 11.9. The van der Waals surface area contributed by atoms with E-state index in [0.717, 1.165) is 0 Å². The second-order valence-electron chi connectivity index (χ2n) is 4.95. The molecule has 0 bridgehead atoms. The predicted octanol–water partition coefficient (Wildman–Crippen LogP) is 2.09. The number of nitriles is 1. The molecule has 0 spiro atoms. The molecule has 0 aliphatic heterocycles. The minimum Gasteiger partial charge on any atom is -0.326 e. The lowest BCUT2D eigenvalue weighted by Gasteiger charge is -2.06. The van der Waals surface area contributed by atoms with Crippen LogP contribution >= 0.6 is 0 Å². The van der Waals surface area contributed by atoms with Crippen molar-refractivity contribution < 1.29 is 9.59 Å². The van der Waals surface area contributed by atoms with Crippen LogP contribution in [0.15, 0.2) is 53.9 Å². The Morgan fingerprint density at radius 3 is 2.83 bits per heavy atom. The van der Waals surface area contributed by atoms with Crippen molar-refractivity contribution in [3.8, 4) is 6.07 Å². The Morgan fingerprint density at radius 2 is 2.12 bits per heavy atom. The van der Waals surface area contributed by atoms with Gasteiger partial charge in [-0.25, -0.2) is 5.43 Å². The van der Waals surface area contributed by atoms with E-state index in [9.17, 15) is 9.59 Å². The Hall–Kier alpha value is -3.53. The van der Waals surface area contributed by atoms with Crippen LogP contribution in [-0.4, -0.2) is 22.5 Å². The fourth-order valence-corrected chi connectivity index (χ4v) is 1.85. The molecule has 0 unspecified atom stereocenters. The van der Waals surface area contributed by atoms with Crippen LogP contribution in [0.4, 0.5) is 5.69 Å². The molecular formula is C17H15N5O2. The molecule has 7 nitrogen and oxygen atoms in total. The fourth-order valence-electron chi connectivity index (χ4n) is 1.85. The Morgan fingerprint density at radius 1 is 1.29 bits per heavy atom. The Labute approximate surface area is 139 Å². The first kappa shape index (κ1) is 16.8. The summed E-state index contributed by atoms with van der Waals surface area (Å²) < 4.78 is 0. The van der Waals surface area contributed by atoms with E-state index < -0.39 is 5.91 Å². The standard InChI is InChI=1S/C17H15N5O2/c1-12(21-22-17(24)14-5-3-7-19-11-14)8-16(23)20-15-6-2-4-13(9-15)10-18/h2-7,9,11H,8H2,1H3,(H,20,23)(H,22,24)/b21-12+. The van der Waals surface area contributed by atoms with E-state index in [1.807, 2.05) is 6.07 Å². The first-order valence-corrected chi connectivity index (χ1v) is 7.12. The zero-order valence-electron chi connectivity index (χ0n) is 13.0. The van der Waals surface area contributed by atoms with E-state index in [0.29, 0.717) is 22.5 Å². The molecule has 2 amide bonds. The lowest BCUT2D eigenvalue weighted by molar-refractivity contribution is -0.115. The van der Waals surface area contributed by atoms with Crippen LogP contribution in [-0.2, 0) is 4.79 Å². The first-order valence-electron chi connectivity index (χ1n) is 7.12. The number of hydrazone groups is 1. The van der Waals surface area contributed by atoms with Crippen LogP contribution in [0, 0.1) is 11.3 Å². The molecule has 0 atom stereocenters. The highest BCUT2D eigenvalue weighted by Gasteiger charge is 2.07. The molecule has 2 N–H and O–H groups in total. The van der Waals surface area contributed by atoms with Gasteiger partial charge in [0.05, 0.1) is 23.6 Å². The maximum Gasteiger partial charge on any atom is 0.272 e. The monoisotopic (exact) mass is 321 g/mol. The SMILES string of the molecule is C/C(CC(=O)Nc1cccc(C#N)c1)=N\NC(=O)c1cccnc1. The van der Waals surface area contributed by atoms with Gasteiger partial charge in [0.1, 0.15) is 0 Å². The molecule has 2 aromatic rings.